The fourth-order valence-electron chi connectivity index (χ4n) is 0.956. The zero-order valence-corrected chi connectivity index (χ0v) is 9.95. The van der Waals surface area contributed by atoms with Gasteiger partial charge in [0.2, 0.25) is 0 Å². The van der Waals surface area contributed by atoms with Crippen molar-refractivity contribution < 1.29 is 4.79 Å². The summed E-state index contributed by atoms with van der Waals surface area (Å²) in [4.78, 5) is 10.7. The molecule has 1 aromatic carbocycles. The van der Waals surface area contributed by atoms with E-state index in [1.165, 1.54) is 6.92 Å². The SMILES string of the molecule is CC(=O)C(Br)c1cc(Cl)cc(Cl)c1. The number of carbonyl (C=O) groups excluding carboxylic acids is 1. The number of hydrogen-bond donors (Lipinski definition) is 0. The Morgan fingerprint density at radius 3 is 2.15 bits per heavy atom. The quantitative estimate of drug-likeness (QED) is 0.749. The molecule has 0 aliphatic rings. The average Bonchev–Trinajstić information content (AvgIpc) is 2.01. The van der Waals surface area contributed by atoms with Crippen LogP contribution in [0.15, 0.2) is 18.2 Å². The van der Waals surface area contributed by atoms with Crippen molar-refractivity contribution in [2.24, 2.45) is 0 Å². The lowest BCUT2D eigenvalue weighted by Crippen LogP contribution is -2.00. The van der Waals surface area contributed by atoms with Crippen molar-refractivity contribution in [3.63, 3.8) is 0 Å². The molecule has 0 fully saturated rings. The molecule has 0 bridgehead atoms. The van der Waals surface area contributed by atoms with Gasteiger partial charge < -0.3 is 0 Å². The third kappa shape index (κ3) is 2.97. The number of Topliss-reactive ketones (excluding diaryl/α,β-unsaturated/α-hetero) is 1. The highest BCUT2D eigenvalue weighted by Crippen LogP contribution is 2.28. The van der Waals surface area contributed by atoms with E-state index in [9.17, 15) is 4.79 Å². The van der Waals surface area contributed by atoms with E-state index >= 15 is 0 Å². The third-order valence-corrected chi connectivity index (χ3v) is 3.14. The Kier molecular flexibility index (Phi) is 3.77. The second kappa shape index (κ2) is 4.45. The summed E-state index contributed by atoms with van der Waals surface area (Å²) >= 11 is 14.8. The number of ketones is 1. The Morgan fingerprint density at radius 2 is 1.77 bits per heavy atom. The first-order valence-electron chi connectivity index (χ1n) is 3.61. The first-order chi connectivity index (χ1) is 6.00. The maximum atomic E-state index is 11.0. The largest absolute Gasteiger partial charge is 0.298 e. The highest BCUT2D eigenvalue weighted by molar-refractivity contribution is 9.09. The van der Waals surface area contributed by atoms with Gasteiger partial charge in [-0.15, -0.1) is 0 Å². The lowest BCUT2D eigenvalue weighted by Gasteiger charge is -2.06. The van der Waals surface area contributed by atoms with Crippen molar-refractivity contribution in [3.8, 4) is 0 Å². The highest BCUT2D eigenvalue weighted by Gasteiger charge is 2.13. The van der Waals surface area contributed by atoms with Gasteiger partial charge in [-0.3, -0.25) is 4.79 Å². The molecular formula is C9H7BrCl2O. The zero-order chi connectivity index (χ0) is 10.0. The number of rotatable bonds is 2. The second-order valence-corrected chi connectivity index (χ2v) is 4.46. The van der Waals surface area contributed by atoms with E-state index < -0.39 is 0 Å². The first-order valence-corrected chi connectivity index (χ1v) is 5.28. The molecular weight excluding hydrogens is 275 g/mol. The number of halogens is 3. The third-order valence-electron chi connectivity index (χ3n) is 1.53. The van der Waals surface area contributed by atoms with Crippen LogP contribution in [-0.4, -0.2) is 5.78 Å². The molecule has 0 heterocycles. The van der Waals surface area contributed by atoms with Gasteiger partial charge in [-0.2, -0.15) is 0 Å². The minimum Gasteiger partial charge on any atom is -0.298 e. The lowest BCUT2D eigenvalue weighted by atomic mass is 10.1. The Morgan fingerprint density at radius 1 is 1.31 bits per heavy atom. The Balaban J connectivity index is 3.07. The summed E-state index contributed by atoms with van der Waals surface area (Å²) in [5.41, 5.74) is 0.782. The number of carbonyl (C=O) groups is 1. The van der Waals surface area contributed by atoms with Gasteiger partial charge in [0.05, 0.1) is 4.83 Å². The fraction of sp³-hybridized carbons (Fsp3) is 0.222. The van der Waals surface area contributed by atoms with Crippen LogP contribution in [0.3, 0.4) is 0 Å². The zero-order valence-electron chi connectivity index (χ0n) is 6.85. The maximum absolute atomic E-state index is 11.0. The lowest BCUT2D eigenvalue weighted by molar-refractivity contribution is -0.116. The summed E-state index contributed by atoms with van der Waals surface area (Å²) in [5.74, 6) is 0.0262. The molecule has 1 atom stereocenters. The van der Waals surface area contributed by atoms with Crippen LogP contribution in [0.5, 0.6) is 0 Å². The van der Waals surface area contributed by atoms with E-state index in [1.807, 2.05) is 0 Å². The second-order valence-electron chi connectivity index (χ2n) is 2.68. The maximum Gasteiger partial charge on any atom is 0.147 e. The minimum absolute atomic E-state index is 0.0262. The molecule has 0 radical (unpaired) electrons. The summed E-state index contributed by atoms with van der Waals surface area (Å²) in [5, 5.41) is 1.07. The Hall–Kier alpha value is -0.0500. The van der Waals surface area contributed by atoms with Crippen LogP contribution >= 0.6 is 39.1 Å². The summed E-state index contributed by atoms with van der Waals surface area (Å²) in [7, 11) is 0. The van der Waals surface area contributed by atoms with Gasteiger partial charge in [0.25, 0.3) is 0 Å². The standard InChI is InChI=1S/C9H7BrCl2O/c1-5(13)9(10)6-2-7(11)4-8(12)3-6/h2-4,9H,1H3. The van der Waals surface area contributed by atoms with E-state index in [1.54, 1.807) is 18.2 Å². The van der Waals surface area contributed by atoms with Crippen molar-refractivity contribution in [2.75, 3.05) is 0 Å². The Bertz CT molecular complexity index is 318. The van der Waals surface area contributed by atoms with E-state index in [0.717, 1.165) is 5.56 Å². The van der Waals surface area contributed by atoms with Gasteiger partial charge in [-0.1, -0.05) is 39.1 Å². The van der Waals surface area contributed by atoms with Crippen LogP contribution in [-0.2, 0) is 4.79 Å². The van der Waals surface area contributed by atoms with Gasteiger partial charge in [-0.05, 0) is 30.7 Å². The van der Waals surface area contributed by atoms with E-state index in [0.29, 0.717) is 10.0 Å². The van der Waals surface area contributed by atoms with Crippen LogP contribution in [0.4, 0.5) is 0 Å². The summed E-state index contributed by atoms with van der Waals surface area (Å²) in [6, 6.07) is 5.06. The predicted molar refractivity (Wildman–Crippen MR) is 58.8 cm³/mol. The fourth-order valence-corrected chi connectivity index (χ4v) is 1.76. The molecule has 4 heteroatoms. The van der Waals surface area contributed by atoms with Crippen molar-refractivity contribution in [2.45, 2.75) is 11.8 Å². The molecule has 1 nitrogen and oxygen atoms in total. The monoisotopic (exact) mass is 280 g/mol. The number of hydrogen-bond acceptors (Lipinski definition) is 1. The molecule has 70 valence electrons. The van der Waals surface area contributed by atoms with Crippen LogP contribution in [0, 0.1) is 0 Å². The van der Waals surface area contributed by atoms with Crippen LogP contribution in [0.25, 0.3) is 0 Å². The highest BCUT2D eigenvalue weighted by atomic mass is 79.9. The van der Waals surface area contributed by atoms with Crippen LogP contribution in [0.2, 0.25) is 10.0 Å². The van der Waals surface area contributed by atoms with Crippen molar-refractivity contribution in [1.29, 1.82) is 0 Å². The number of alkyl halides is 1. The molecule has 0 aromatic heterocycles. The average molecular weight is 282 g/mol. The van der Waals surface area contributed by atoms with Gasteiger partial charge in [0.15, 0.2) is 0 Å². The van der Waals surface area contributed by atoms with Crippen molar-refractivity contribution in [3.05, 3.63) is 33.8 Å². The van der Waals surface area contributed by atoms with Crippen LogP contribution in [0.1, 0.15) is 17.3 Å². The van der Waals surface area contributed by atoms with Crippen molar-refractivity contribution >= 4 is 44.9 Å². The van der Waals surface area contributed by atoms with Gasteiger partial charge >= 0.3 is 0 Å². The molecule has 0 spiro atoms. The summed E-state index contributed by atoms with van der Waals surface area (Å²) in [6.07, 6.45) is 0. The molecule has 0 saturated carbocycles. The molecule has 0 saturated heterocycles. The van der Waals surface area contributed by atoms with Gasteiger partial charge in [-0.25, -0.2) is 0 Å². The predicted octanol–water partition coefficient (Wildman–Crippen LogP) is 4.02. The molecule has 1 aromatic rings. The summed E-state index contributed by atoms with van der Waals surface area (Å²) in [6.45, 7) is 1.51. The molecule has 0 aliphatic heterocycles. The molecule has 0 aliphatic carbocycles. The summed E-state index contributed by atoms with van der Waals surface area (Å²) < 4.78 is 0. The van der Waals surface area contributed by atoms with E-state index in [2.05, 4.69) is 15.9 Å². The Labute approximate surface area is 95.2 Å². The molecule has 0 N–H and O–H groups in total. The van der Waals surface area contributed by atoms with E-state index in [4.69, 9.17) is 23.2 Å². The van der Waals surface area contributed by atoms with Crippen molar-refractivity contribution in [1.82, 2.24) is 0 Å². The molecule has 0 amide bonds. The topological polar surface area (TPSA) is 17.1 Å². The molecule has 1 unspecified atom stereocenters. The number of benzene rings is 1. The molecule has 1 rings (SSSR count). The smallest absolute Gasteiger partial charge is 0.147 e. The molecule has 13 heavy (non-hydrogen) atoms. The normalized spacial score (nSPS) is 12.6. The van der Waals surface area contributed by atoms with Gasteiger partial charge in [0.1, 0.15) is 5.78 Å². The van der Waals surface area contributed by atoms with E-state index in [-0.39, 0.29) is 10.6 Å². The minimum atomic E-state index is -0.330. The van der Waals surface area contributed by atoms with Crippen LogP contribution < -0.4 is 0 Å². The van der Waals surface area contributed by atoms with Gasteiger partial charge in [0, 0.05) is 10.0 Å². The first kappa shape index (κ1) is 11.0.